The number of unbranched alkanes of at least 4 members (excludes halogenated alkanes) is 15. The predicted molar refractivity (Wildman–Crippen MR) is 215 cm³/mol. The number of carbonyl (C=O) groups is 3. The molecule has 0 bridgehead atoms. The van der Waals surface area contributed by atoms with Crippen molar-refractivity contribution < 1.29 is 38.2 Å². The Hall–Kier alpha value is -2.97. The minimum Gasteiger partial charge on any atom is -0.477 e. The Morgan fingerprint density at radius 2 is 1.08 bits per heavy atom. The molecule has 0 aromatic carbocycles. The number of hydrogen-bond acceptors (Lipinski definition) is 6. The highest BCUT2D eigenvalue weighted by molar-refractivity contribution is 5.72. The van der Waals surface area contributed by atoms with Crippen molar-refractivity contribution in [3.8, 4) is 0 Å². The first kappa shape index (κ1) is 49.0. The summed E-state index contributed by atoms with van der Waals surface area (Å²) in [6.45, 7) is 4.53. The molecule has 2 unspecified atom stereocenters. The van der Waals surface area contributed by atoms with Crippen LogP contribution in [0.15, 0.2) is 60.8 Å². The van der Waals surface area contributed by atoms with Crippen LogP contribution in [0.1, 0.15) is 149 Å². The molecule has 52 heavy (non-hydrogen) atoms. The van der Waals surface area contributed by atoms with Crippen molar-refractivity contribution in [1.82, 2.24) is 0 Å². The van der Waals surface area contributed by atoms with E-state index in [0.717, 1.165) is 44.9 Å². The smallest absolute Gasteiger partial charge is 0.362 e. The monoisotopic (exact) mass is 731 g/mol. The number of carboxylic acids is 1. The van der Waals surface area contributed by atoms with Gasteiger partial charge in [-0.25, -0.2) is 4.79 Å². The number of aliphatic carboxylic acids is 1. The SMILES string of the molecule is CC/C=C/C=C/C=C/C=C/C=C/CCCCCC(=O)OC(COCCC(C(=O)O)[N+](C)(C)C)COC(=O)CCCCCCCCCCCCCCC. The molecule has 0 saturated carbocycles. The highest BCUT2D eigenvalue weighted by Crippen LogP contribution is 2.14. The number of hydrogen-bond donors (Lipinski definition) is 1. The predicted octanol–water partition coefficient (Wildman–Crippen LogP) is 10.6. The quantitative estimate of drug-likeness (QED) is 0.0300. The molecule has 298 valence electrons. The van der Waals surface area contributed by atoms with E-state index in [0.29, 0.717) is 19.3 Å². The zero-order valence-electron chi connectivity index (χ0n) is 33.7. The lowest BCUT2D eigenvalue weighted by Crippen LogP contribution is -2.50. The topological polar surface area (TPSA) is 99.1 Å². The largest absolute Gasteiger partial charge is 0.477 e. The standard InChI is InChI=1S/C44H75NO7/c1-6-8-10-12-14-16-18-20-21-23-25-27-29-31-33-35-43(47)52-40(38-50-37-36-41(44(48)49)45(3,4)5)39-51-42(46)34-32-30-28-26-24-22-19-17-15-13-11-9-7-2/h8,10,12,14,16,18,20-21,23,25,40-41H,6-7,9,11,13,15,17,19,22,24,26-39H2,1-5H3/p+1/b10-8+,14-12+,18-16+,21-20+,25-23+. The fourth-order valence-electron chi connectivity index (χ4n) is 5.64. The van der Waals surface area contributed by atoms with Gasteiger partial charge in [0.25, 0.3) is 0 Å². The van der Waals surface area contributed by atoms with E-state index in [4.69, 9.17) is 14.2 Å². The fourth-order valence-corrected chi connectivity index (χ4v) is 5.64. The van der Waals surface area contributed by atoms with E-state index < -0.39 is 18.1 Å². The molecule has 0 aliphatic carbocycles. The van der Waals surface area contributed by atoms with Crippen LogP contribution in [0, 0.1) is 0 Å². The van der Waals surface area contributed by atoms with Gasteiger partial charge in [0, 0.05) is 19.3 Å². The Balaban J connectivity index is 4.49. The number of allylic oxidation sites excluding steroid dienone is 10. The average molecular weight is 731 g/mol. The van der Waals surface area contributed by atoms with Gasteiger partial charge in [0.05, 0.1) is 34.4 Å². The van der Waals surface area contributed by atoms with Gasteiger partial charge in [0.2, 0.25) is 0 Å². The number of carboxylic acid groups (broad SMARTS) is 1. The van der Waals surface area contributed by atoms with Crippen LogP contribution >= 0.6 is 0 Å². The molecule has 8 heteroatoms. The number of ether oxygens (including phenoxy) is 3. The molecule has 0 aliphatic rings. The summed E-state index contributed by atoms with van der Waals surface area (Å²) in [7, 11) is 5.50. The van der Waals surface area contributed by atoms with Gasteiger partial charge in [0.1, 0.15) is 6.61 Å². The van der Waals surface area contributed by atoms with Crippen LogP contribution in [0.25, 0.3) is 0 Å². The maximum absolute atomic E-state index is 12.7. The summed E-state index contributed by atoms with van der Waals surface area (Å²) in [4.78, 5) is 36.8. The van der Waals surface area contributed by atoms with E-state index >= 15 is 0 Å². The third-order valence-electron chi connectivity index (χ3n) is 8.81. The van der Waals surface area contributed by atoms with Crippen LogP contribution in [-0.2, 0) is 28.6 Å². The molecule has 0 rings (SSSR count). The minimum atomic E-state index is -0.885. The van der Waals surface area contributed by atoms with Crippen molar-refractivity contribution in [3.63, 3.8) is 0 Å². The van der Waals surface area contributed by atoms with Crippen molar-refractivity contribution in [2.24, 2.45) is 0 Å². The molecular formula is C44H76NO7+. The third kappa shape index (κ3) is 32.9. The number of rotatable bonds is 35. The molecule has 0 aliphatic heterocycles. The Bertz CT molecular complexity index is 1040. The zero-order valence-corrected chi connectivity index (χ0v) is 33.7. The lowest BCUT2D eigenvalue weighted by molar-refractivity contribution is -0.887. The van der Waals surface area contributed by atoms with Gasteiger partial charge in [-0.2, -0.15) is 0 Å². The molecule has 0 fully saturated rings. The molecule has 0 radical (unpaired) electrons. The highest BCUT2D eigenvalue weighted by atomic mass is 16.6. The molecular weight excluding hydrogens is 654 g/mol. The lowest BCUT2D eigenvalue weighted by atomic mass is 10.0. The summed E-state index contributed by atoms with van der Waals surface area (Å²) in [6.07, 6.45) is 41.2. The maximum Gasteiger partial charge on any atom is 0.362 e. The van der Waals surface area contributed by atoms with Gasteiger partial charge in [-0.15, -0.1) is 0 Å². The van der Waals surface area contributed by atoms with Crippen LogP contribution in [0.4, 0.5) is 0 Å². The summed E-state index contributed by atoms with van der Waals surface area (Å²) in [5, 5.41) is 9.59. The number of carbonyl (C=O) groups excluding carboxylic acids is 2. The van der Waals surface area contributed by atoms with Crippen molar-refractivity contribution in [2.45, 2.75) is 161 Å². The van der Waals surface area contributed by atoms with Crippen molar-refractivity contribution in [2.75, 3.05) is 41.0 Å². The van der Waals surface area contributed by atoms with E-state index in [1.165, 1.54) is 64.2 Å². The fraction of sp³-hybridized carbons (Fsp3) is 0.705. The van der Waals surface area contributed by atoms with E-state index in [9.17, 15) is 19.5 Å². The number of esters is 2. The zero-order chi connectivity index (χ0) is 38.5. The minimum absolute atomic E-state index is 0.0426. The van der Waals surface area contributed by atoms with Crippen molar-refractivity contribution in [3.05, 3.63) is 60.8 Å². The second-order valence-electron chi connectivity index (χ2n) is 14.6. The molecule has 0 heterocycles. The van der Waals surface area contributed by atoms with Crippen LogP contribution in [0.3, 0.4) is 0 Å². The second kappa shape index (κ2) is 35.1. The molecule has 1 N–H and O–H groups in total. The summed E-state index contributed by atoms with van der Waals surface area (Å²) in [5.41, 5.74) is 0. The van der Waals surface area contributed by atoms with E-state index in [1.54, 1.807) is 0 Å². The van der Waals surface area contributed by atoms with Gasteiger partial charge in [-0.05, 0) is 32.1 Å². The Morgan fingerprint density at radius 3 is 1.60 bits per heavy atom. The summed E-state index contributed by atoms with van der Waals surface area (Å²) < 4.78 is 17.2. The Kier molecular flexibility index (Phi) is 33.1. The normalized spacial score (nSPS) is 13.6. The Morgan fingerprint density at radius 1 is 0.596 bits per heavy atom. The van der Waals surface area contributed by atoms with Gasteiger partial charge >= 0.3 is 17.9 Å². The Labute approximate surface area is 318 Å². The molecule has 8 nitrogen and oxygen atoms in total. The maximum atomic E-state index is 12.7. The van der Waals surface area contributed by atoms with Crippen LogP contribution in [-0.4, -0.2) is 80.6 Å². The first-order chi connectivity index (χ1) is 25.1. The van der Waals surface area contributed by atoms with Gasteiger partial charge in [0.15, 0.2) is 12.1 Å². The average Bonchev–Trinajstić information content (AvgIpc) is 3.09. The first-order valence-electron chi connectivity index (χ1n) is 20.4. The first-order valence-corrected chi connectivity index (χ1v) is 20.4. The molecule has 0 aromatic rings. The summed E-state index contributed by atoms with van der Waals surface area (Å²) in [6, 6.07) is -0.623. The van der Waals surface area contributed by atoms with E-state index in [-0.39, 0.29) is 42.7 Å². The number of nitrogens with zero attached hydrogens (tertiary/aromatic N) is 1. The highest BCUT2D eigenvalue weighted by Gasteiger charge is 2.31. The molecule has 2 atom stereocenters. The van der Waals surface area contributed by atoms with Crippen molar-refractivity contribution in [1.29, 1.82) is 0 Å². The van der Waals surface area contributed by atoms with Gasteiger partial charge in [-0.1, -0.05) is 158 Å². The molecule has 0 amide bonds. The van der Waals surface area contributed by atoms with E-state index in [1.807, 2.05) is 69.8 Å². The van der Waals surface area contributed by atoms with Crippen LogP contribution < -0.4 is 0 Å². The van der Waals surface area contributed by atoms with Gasteiger partial charge in [-0.3, -0.25) is 9.59 Å². The summed E-state index contributed by atoms with van der Waals surface area (Å²) in [5.74, 6) is -1.53. The molecule has 0 spiro atoms. The van der Waals surface area contributed by atoms with Crippen molar-refractivity contribution >= 4 is 17.9 Å². The third-order valence-corrected chi connectivity index (χ3v) is 8.81. The number of quaternary nitrogens is 1. The number of likely N-dealkylation sites (N-methyl/N-ethyl adjacent to an activating group) is 1. The summed E-state index contributed by atoms with van der Waals surface area (Å²) >= 11 is 0. The molecule has 0 aromatic heterocycles. The second-order valence-corrected chi connectivity index (χ2v) is 14.6. The molecule has 0 saturated heterocycles. The van der Waals surface area contributed by atoms with Crippen LogP contribution in [0.5, 0.6) is 0 Å². The van der Waals surface area contributed by atoms with Crippen LogP contribution in [0.2, 0.25) is 0 Å². The van der Waals surface area contributed by atoms with E-state index in [2.05, 4.69) is 26.0 Å². The van der Waals surface area contributed by atoms with Gasteiger partial charge < -0.3 is 23.8 Å². The lowest BCUT2D eigenvalue weighted by Gasteiger charge is -2.31.